The standard InChI is InChI=1S/C6H12NO5P/c1-11-6(12-2,13-10)4(3-8)5(7)9/h4,8H,3H2,1-2H3,(H2,7,9). The number of nitrogens with two attached hydrogens (primary N) is 1. The third-order valence-electron chi connectivity index (χ3n) is 1.68. The Morgan fingerprint density at radius 2 is 2.08 bits per heavy atom. The minimum atomic E-state index is -1.69. The maximum absolute atomic E-state index is 10.8. The monoisotopic (exact) mass is 209 g/mol. The van der Waals surface area contributed by atoms with E-state index >= 15 is 0 Å². The van der Waals surface area contributed by atoms with Crippen molar-refractivity contribution < 1.29 is 23.9 Å². The third kappa shape index (κ3) is 2.45. The van der Waals surface area contributed by atoms with Gasteiger partial charge in [-0.1, -0.05) is 0 Å². The van der Waals surface area contributed by atoms with Crippen molar-refractivity contribution in [2.24, 2.45) is 11.7 Å². The molecule has 0 spiro atoms. The number of rotatable bonds is 6. The number of methoxy groups -OCH3 is 2. The van der Waals surface area contributed by atoms with Crippen LogP contribution in [0.2, 0.25) is 0 Å². The molecule has 0 saturated heterocycles. The lowest BCUT2D eigenvalue weighted by atomic mass is 10.1. The molecule has 0 fully saturated rings. The molecule has 3 N–H and O–H groups in total. The Labute approximate surface area is 77.2 Å². The smallest absolute Gasteiger partial charge is 0.265 e. The predicted molar refractivity (Wildman–Crippen MR) is 44.1 cm³/mol. The summed E-state index contributed by atoms with van der Waals surface area (Å²) in [6.07, 6.45) is 0. The molecule has 0 aliphatic rings. The number of aliphatic hydroxyl groups excluding tert-OH is 1. The quantitative estimate of drug-likeness (QED) is 0.446. The van der Waals surface area contributed by atoms with E-state index in [9.17, 15) is 9.36 Å². The van der Waals surface area contributed by atoms with E-state index in [1.807, 2.05) is 0 Å². The second-order valence-corrected chi connectivity index (χ2v) is 3.07. The van der Waals surface area contributed by atoms with Gasteiger partial charge in [-0.15, -0.1) is 0 Å². The molecule has 0 heterocycles. The Kier molecular flexibility index (Phi) is 5.02. The van der Waals surface area contributed by atoms with Crippen molar-refractivity contribution in [2.75, 3.05) is 20.8 Å². The summed E-state index contributed by atoms with van der Waals surface area (Å²) in [6, 6.07) is 0. The summed E-state index contributed by atoms with van der Waals surface area (Å²) in [4.78, 5) is 10.8. The van der Waals surface area contributed by atoms with Gasteiger partial charge in [-0.25, -0.2) is 0 Å². The summed E-state index contributed by atoms with van der Waals surface area (Å²) in [6.45, 7) is -0.591. The Morgan fingerprint density at radius 1 is 1.62 bits per heavy atom. The van der Waals surface area contributed by atoms with Crippen LogP contribution in [0, 0.1) is 5.92 Å². The van der Waals surface area contributed by atoms with E-state index in [2.05, 4.69) is 0 Å². The predicted octanol–water partition coefficient (Wildman–Crippen LogP) is -0.682. The zero-order valence-corrected chi connectivity index (χ0v) is 8.28. The number of ether oxygens (including phenoxy) is 2. The van der Waals surface area contributed by atoms with E-state index in [1.165, 1.54) is 14.2 Å². The zero-order valence-electron chi connectivity index (χ0n) is 7.39. The van der Waals surface area contributed by atoms with Gasteiger partial charge in [0.1, 0.15) is 5.92 Å². The molecule has 0 bridgehead atoms. The molecule has 0 rings (SSSR count). The number of carbonyl (C=O) groups excluding carboxylic acids is 1. The van der Waals surface area contributed by atoms with Crippen molar-refractivity contribution in [2.45, 2.75) is 5.53 Å². The maximum Gasteiger partial charge on any atom is 0.265 e. The van der Waals surface area contributed by atoms with Gasteiger partial charge in [-0.05, 0) is 0 Å². The van der Waals surface area contributed by atoms with Crippen LogP contribution in [0.25, 0.3) is 0 Å². The van der Waals surface area contributed by atoms with E-state index < -0.39 is 32.4 Å². The van der Waals surface area contributed by atoms with E-state index in [-0.39, 0.29) is 0 Å². The van der Waals surface area contributed by atoms with Crippen LogP contribution in [0.5, 0.6) is 0 Å². The van der Waals surface area contributed by atoms with Crippen LogP contribution in [-0.2, 0) is 18.8 Å². The molecule has 1 unspecified atom stereocenters. The summed E-state index contributed by atoms with van der Waals surface area (Å²) in [5.74, 6) is -2.00. The third-order valence-corrected chi connectivity index (χ3v) is 2.61. The van der Waals surface area contributed by atoms with Gasteiger partial charge in [-0.2, -0.15) is 0 Å². The van der Waals surface area contributed by atoms with Crippen molar-refractivity contribution in [3.05, 3.63) is 0 Å². The van der Waals surface area contributed by atoms with Crippen LogP contribution in [0.15, 0.2) is 0 Å². The molecule has 1 amide bonds. The lowest BCUT2D eigenvalue weighted by molar-refractivity contribution is -0.184. The Bertz CT molecular complexity index is 193. The van der Waals surface area contributed by atoms with Gasteiger partial charge < -0.3 is 20.3 Å². The summed E-state index contributed by atoms with van der Waals surface area (Å²) >= 11 is 0. The van der Waals surface area contributed by atoms with Gasteiger partial charge in [0.2, 0.25) is 14.4 Å². The molecule has 7 heteroatoms. The topological polar surface area (TPSA) is 98.8 Å². The SMILES string of the molecule is COC(OC)(P=O)C(CO)C(N)=O. The minimum Gasteiger partial charge on any atom is -0.395 e. The average Bonchev–Trinajstić information content (AvgIpc) is 2.13. The molecular weight excluding hydrogens is 197 g/mol. The van der Waals surface area contributed by atoms with Crippen LogP contribution < -0.4 is 5.73 Å². The van der Waals surface area contributed by atoms with Crippen LogP contribution in [0.1, 0.15) is 0 Å². The minimum absolute atomic E-state index is 0.567. The van der Waals surface area contributed by atoms with Gasteiger partial charge >= 0.3 is 0 Å². The van der Waals surface area contributed by atoms with Gasteiger partial charge in [0.05, 0.1) is 6.61 Å². The van der Waals surface area contributed by atoms with Crippen molar-refractivity contribution in [1.29, 1.82) is 0 Å². The summed E-state index contributed by atoms with van der Waals surface area (Å²) < 4.78 is 20.2. The van der Waals surface area contributed by atoms with Gasteiger partial charge in [0, 0.05) is 14.2 Å². The van der Waals surface area contributed by atoms with E-state index in [0.29, 0.717) is 0 Å². The average molecular weight is 209 g/mol. The molecule has 0 aromatic carbocycles. The molecule has 13 heavy (non-hydrogen) atoms. The van der Waals surface area contributed by atoms with Crippen molar-refractivity contribution in [3.8, 4) is 0 Å². The normalized spacial score (nSPS) is 14.4. The van der Waals surface area contributed by atoms with E-state index in [1.54, 1.807) is 0 Å². The molecule has 76 valence electrons. The fourth-order valence-corrected chi connectivity index (χ4v) is 1.38. The lowest BCUT2D eigenvalue weighted by Crippen LogP contribution is -2.46. The van der Waals surface area contributed by atoms with Crippen molar-refractivity contribution in [3.63, 3.8) is 0 Å². The van der Waals surface area contributed by atoms with E-state index in [4.69, 9.17) is 20.3 Å². The van der Waals surface area contributed by atoms with Gasteiger partial charge in [0.15, 0.2) is 0 Å². The second-order valence-electron chi connectivity index (χ2n) is 2.27. The zero-order chi connectivity index (χ0) is 10.5. The summed E-state index contributed by atoms with van der Waals surface area (Å²) in [5, 5.41) is 8.82. The highest BCUT2D eigenvalue weighted by Gasteiger charge is 2.44. The van der Waals surface area contributed by atoms with Crippen molar-refractivity contribution in [1.82, 2.24) is 0 Å². The first kappa shape index (κ1) is 12.4. The Hall–Kier alpha value is -0.550. The highest BCUT2D eigenvalue weighted by atomic mass is 31.1. The Morgan fingerprint density at radius 3 is 2.15 bits per heavy atom. The number of amides is 1. The molecular formula is C6H12NO5P. The maximum atomic E-state index is 10.8. The summed E-state index contributed by atoms with van der Waals surface area (Å²) in [7, 11) is 1.85. The molecule has 0 aliphatic heterocycles. The molecule has 0 aromatic heterocycles. The first-order valence-corrected chi connectivity index (χ1v) is 4.24. The highest BCUT2D eigenvalue weighted by Crippen LogP contribution is 2.33. The number of carbonyl (C=O) groups is 1. The van der Waals surface area contributed by atoms with Crippen LogP contribution in [0.4, 0.5) is 0 Å². The first-order chi connectivity index (χ1) is 6.07. The van der Waals surface area contributed by atoms with Gasteiger partial charge in [-0.3, -0.25) is 9.36 Å². The molecule has 1 atom stereocenters. The number of hydrogen-bond acceptors (Lipinski definition) is 5. The molecule has 0 aliphatic carbocycles. The fourth-order valence-electron chi connectivity index (χ4n) is 0.891. The van der Waals surface area contributed by atoms with Crippen LogP contribution in [0.3, 0.4) is 0 Å². The Balaban J connectivity index is 4.87. The van der Waals surface area contributed by atoms with Crippen molar-refractivity contribution >= 4 is 14.4 Å². The number of primary amides is 1. The summed E-state index contributed by atoms with van der Waals surface area (Å²) in [5.41, 5.74) is 3.26. The van der Waals surface area contributed by atoms with Gasteiger partial charge in [0.25, 0.3) is 5.53 Å². The second kappa shape index (κ2) is 5.24. The van der Waals surface area contributed by atoms with E-state index in [0.717, 1.165) is 0 Å². The fraction of sp³-hybridized carbons (Fsp3) is 0.833. The molecule has 0 radical (unpaired) electrons. The van der Waals surface area contributed by atoms with Crippen LogP contribution in [-0.4, -0.2) is 37.4 Å². The first-order valence-electron chi connectivity index (χ1n) is 3.43. The number of hydrogen-bond donors (Lipinski definition) is 2. The molecule has 6 nitrogen and oxygen atoms in total. The molecule has 0 aromatic rings. The lowest BCUT2D eigenvalue weighted by Gasteiger charge is -2.28. The number of aliphatic hydroxyl groups is 1. The highest BCUT2D eigenvalue weighted by molar-refractivity contribution is 7.25. The largest absolute Gasteiger partial charge is 0.395 e. The molecule has 0 saturated carbocycles. The van der Waals surface area contributed by atoms with Crippen LogP contribution >= 0.6 is 8.46 Å².